The Labute approximate surface area is 136 Å². The number of amides is 1. The minimum Gasteiger partial charge on any atom is -0.497 e. The zero-order chi connectivity index (χ0) is 16.5. The van der Waals surface area contributed by atoms with Crippen LogP contribution in [0.4, 0.5) is 5.69 Å². The number of nitrogens with one attached hydrogen (secondary N) is 2. The number of hydrogen-bond acceptors (Lipinski definition) is 4. The van der Waals surface area contributed by atoms with Gasteiger partial charge in [-0.2, -0.15) is 5.10 Å². The molecule has 5 heteroatoms. The Morgan fingerprint density at radius 2 is 1.78 bits per heavy atom. The maximum atomic E-state index is 11.9. The molecule has 0 bridgehead atoms. The van der Waals surface area contributed by atoms with Crippen molar-refractivity contribution in [2.45, 2.75) is 13.3 Å². The van der Waals surface area contributed by atoms with E-state index in [0.29, 0.717) is 0 Å². The Morgan fingerprint density at radius 3 is 2.39 bits per heavy atom. The van der Waals surface area contributed by atoms with Gasteiger partial charge in [-0.05, 0) is 48.4 Å². The molecule has 1 amide bonds. The predicted molar refractivity (Wildman–Crippen MR) is 92.9 cm³/mol. The normalized spacial score (nSPS) is 11.0. The monoisotopic (exact) mass is 311 g/mol. The number of ether oxygens (including phenoxy) is 1. The number of hydrogen-bond donors (Lipinski definition) is 2. The van der Waals surface area contributed by atoms with Crippen LogP contribution in [0.3, 0.4) is 0 Å². The zero-order valence-corrected chi connectivity index (χ0v) is 13.4. The number of para-hydroxylation sites is 1. The van der Waals surface area contributed by atoms with E-state index in [9.17, 15) is 4.79 Å². The highest BCUT2D eigenvalue weighted by atomic mass is 16.5. The average Bonchev–Trinajstić information content (AvgIpc) is 2.62. The molecule has 2 aromatic rings. The molecule has 0 aromatic heterocycles. The Bertz CT molecular complexity index is 652. The number of benzene rings is 2. The van der Waals surface area contributed by atoms with Crippen molar-refractivity contribution < 1.29 is 9.53 Å². The second-order valence-electron chi connectivity index (χ2n) is 4.90. The molecule has 0 atom stereocenters. The third-order valence-electron chi connectivity index (χ3n) is 3.30. The zero-order valence-electron chi connectivity index (χ0n) is 13.4. The van der Waals surface area contributed by atoms with Gasteiger partial charge in [-0.3, -0.25) is 4.79 Å². The maximum Gasteiger partial charge on any atom is 0.259 e. The Morgan fingerprint density at radius 1 is 1.09 bits per heavy atom. The summed E-state index contributed by atoms with van der Waals surface area (Å²) >= 11 is 0. The molecule has 0 radical (unpaired) electrons. The number of nitrogens with zero attached hydrogens (tertiary/aromatic N) is 1. The molecule has 23 heavy (non-hydrogen) atoms. The number of carbonyl (C=O) groups excluding carboxylic acids is 1. The Balaban J connectivity index is 1.91. The van der Waals surface area contributed by atoms with Crippen molar-refractivity contribution >= 4 is 17.3 Å². The molecule has 5 nitrogen and oxygen atoms in total. The Hall–Kier alpha value is -2.82. The summed E-state index contributed by atoms with van der Waals surface area (Å²) in [5.74, 6) is 0.605. The van der Waals surface area contributed by atoms with E-state index in [0.717, 1.165) is 29.1 Å². The number of hydrazone groups is 1. The second-order valence-corrected chi connectivity index (χ2v) is 4.90. The summed E-state index contributed by atoms with van der Waals surface area (Å²) < 4.78 is 5.14. The van der Waals surface area contributed by atoms with E-state index in [1.807, 2.05) is 61.5 Å². The van der Waals surface area contributed by atoms with Gasteiger partial charge >= 0.3 is 0 Å². The van der Waals surface area contributed by atoms with Gasteiger partial charge in [0.05, 0.1) is 19.4 Å². The van der Waals surface area contributed by atoms with Gasteiger partial charge in [0.1, 0.15) is 5.75 Å². The standard InChI is InChI=1S/C18H21N3O2/c1-3-17(14-9-11-16(23-2)12-10-14)20-21-18(22)13-19-15-7-5-4-6-8-15/h4-12,19H,3,13H2,1-2H3,(H,21,22)/b20-17-. The first-order chi connectivity index (χ1) is 11.2. The number of anilines is 1. The van der Waals surface area contributed by atoms with Crippen LogP contribution in [0, 0.1) is 0 Å². The molecule has 2 aromatic carbocycles. The lowest BCUT2D eigenvalue weighted by atomic mass is 10.1. The van der Waals surface area contributed by atoms with Crippen molar-refractivity contribution in [1.29, 1.82) is 0 Å². The lowest BCUT2D eigenvalue weighted by Gasteiger charge is -2.08. The third kappa shape index (κ3) is 5.14. The smallest absolute Gasteiger partial charge is 0.259 e. The molecule has 0 aliphatic heterocycles. The molecule has 0 saturated carbocycles. The summed E-state index contributed by atoms with van der Waals surface area (Å²) in [6.45, 7) is 2.17. The molecule has 0 fully saturated rings. The van der Waals surface area contributed by atoms with E-state index in [1.54, 1.807) is 7.11 Å². The molecule has 2 N–H and O–H groups in total. The molecule has 2 rings (SSSR count). The molecule has 0 spiro atoms. The fourth-order valence-corrected chi connectivity index (χ4v) is 2.04. The highest BCUT2D eigenvalue weighted by Crippen LogP contribution is 2.13. The first kappa shape index (κ1) is 16.5. The minimum absolute atomic E-state index is 0.174. The summed E-state index contributed by atoms with van der Waals surface area (Å²) in [5.41, 5.74) is 5.27. The van der Waals surface area contributed by atoms with Crippen molar-refractivity contribution in [2.75, 3.05) is 19.0 Å². The van der Waals surface area contributed by atoms with E-state index in [-0.39, 0.29) is 12.5 Å². The van der Waals surface area contributed by atoms with Gasteiger partial charge in [0, 0.05) is 5.69 Å². The minimum atomic E-state index is -0.187. The third-order valence-corrected chi connectivity index (χ3v) is 3.30. The van der Waals surface area contributed by atoms with E-state index in [1.165, 1.54) is 0 Å². The van der Waals surface area contributed by atoms with Crippen molar-refractivity contribution in [3.8, 4) is 5.75 Å². The van der Waals surface area contributed by atoms with Gasteiger partial charge in [-0.25, -0.2) is 5.43 Å². The van der Waals surface area contributed by atoms with Crippen LogP contribution in [0.2, 0.25) is 0 Å². The van der Waals surface area contributed by atoms with E-state index < -0.39 is 0 Å². The fourth-order valence-electron chi connectivity index (χ4n) is 2.04. The first-order valence-corrected chi connectivity index (χ1v) is 7.51. The van der Waals surface area contributed by atoms with Crippen LogP contribution >= 0.6 is 0 Å². The van der Waals surface area contributed by atoms with Gasteiger partial charge in [0.25, 0.3) is 5.91 Å². The van der Waals surface area contributed by atoms with Gasteiger partial charge in [-0.1, -0.05) is 25.1 Å². The summed E-state index contributed by atoms with van der Waals surface area (Å²) in [5, 5.41) is 7.26. The SMILES string of the molecule is CC/C(=N/NC(=O)CNc1ccccc1)c1ccc(OC)cc1. The molecule has 0 aliphatic rings. The first-order valence-electron chi connectivity index (χ1n) is 7.51. The second kappa shape index (κ2) is 8.58. The van der Waals surface area contributed by atoms with Crippen LogP contribution in [0.1, 0.15) is 18.9 Å². The number of carbonyl (C=O) groups is 1. The van der Waals surface area contributed by atoms with Crippen molar-refractivity contribution in [3.05, 3.63) is 60.2 Å². The molecule has 120 valence electrons. The predicted octanol–water partition coefficient (Wildman–Crippen LogP) is 3.04. The number of rotatable bonds is 7. The summed E-state index contributed by atoms with van der Waals surface area (Å²) in [6, 6.07) is 17.2. The maximum absolute atomic E-state index is 11.9. The van der Waals surface area contributed by atoms with Gasteiger partial charge < -0.3 is 10.1 Å². The van der Waals surface area contributed by atoms with Crippen molar-refractivity contribution in [2.24, 2.45) is 5.10 Å². The van der Waals surface area contributed by atoms with E-state index in [4.69, 9.17) is 4.74 Å². The van der Waals surface area contributed by atoms with Crippen LogP contribution < -0.4 is 15.5 Å². The van der Waals surface area contributed by atoms with E-state index in [2.05, 4.69) is 15.8 Å². The molecule has 0 heterocycles. The van der Waals surface area contributed by atoms with Gasteiger partial charge in [0.15, 0.2) is 0 Å². The van der Waals surface area contributed by atoms with Crippen LogP contribution in [-0.2, 0) is 4.79 Å². The van der Waals surface area contributed by atoms with Crippen LogP contribution in [-0.4, -0.2) is 25.3 Å². The largest absolute Gasteiger partial charge is 0.497 e. The lowest BCUT2D eigenvalue weighted by Crippen LogP contribution is -2.27. The van der Waals surface area contributed by atoms with Crippen LogP contribution in [0.25, 0.3) is 0 Å². The molecular weight excluding hydrogens is 290 g/mol. The topological polar surface area (TPSA) is 62.7 Å². The Kier molecular flexibility index (Phi) is 6.17. The summed E-state index contributed by atoms with van der Waals surface area (Å²) in [7, 11) is 1.63. The summed E-state index contributed by atoms with van der Waals surface area (Å²) in [4.78, 5) is 11.9. The van der Waals surface area contributed by atoms with Crippen molar-refractivity contribution in [1.82, 2.24) is 5.43 Å². The number of methoxy groups -OCH3 is 1. The molecule has 0 unspecified atom stereocenters. The highest BCUT2D eigenvalue weighted by molar-refractivity contribution is 6.01. The van der Waals surface area contributed by atoms with Gasteiger partial charge in [-0.15, -0.1) is 0 Å². The summed E-state index contributed by atoms with van der Waals surface area (Å²) in [6.07, 6.45) is 0.721. The average molecular weight is 311 g/mol. The lowest BCUT2D eigenvalue weighted by molar-refractivity contribution is -0.119. The quantitative estimate of drug-likeness (QED) is 0.610. The van der Waals surface area contributed by atoms with E-state index >= 15 is 0 Å². The fraction of sp³-hybridized carbons (Fsp3) is 0.222. The molecule has 0 saturated heterocycles. The highest BCUT2D eigenvalue weighted by Gasteiger charge is 2.04. The van der Waals surface area contributed by atoms with Gasteiger partial charge in [0.2, 0.25) is 0 Å². The molecule has 0 aliphatic carbocycles. The van der Waals surface area contributed by atoms with Crippen LogP contribution in [0.5, 0.6) is 5.75 Å². The molecular formula is C18H21N3O2. The van der Waals surface area contributed by atoms with Crippen LogP contribution in [0.15, 0.2) is 59.7 Å². The van der Waals surface area contributed by atoms with Crippen molar-refractivity contribution in [3.63, 3.8) is 0 Å².